The molecule has 0 unspecified atom stereocenters. The topological polar surface area (TPSA) is 199 Å². The Kier molecular flexibility index (Phi) is 11.6. The highest BCUT2D eigenvalue weighted by Crippen LogP contribution is 2.31. The molecule has 1 fully saturated rings. The molecule has 1 saturated heterocycles. The van der Waals surface area contributed by atoms with Crippen molar-refractivity contribution in [2.24, 2.45) is 5.92 Å². The van der Waals surface area contributed by atoms with Crippen LogP contribution in [0.1, 0.15) is 39.2 Å². The smallest absolute Gasteiger partial charge is 0.264 e. The minimum Gasteiger partial charge on any atom is -0.492 e. The number of likely N-dealkylation sites (tertiary alicyclic amines) is 1. The maximum Gasteiger partial charge on any atom is 0.264 e. The molecule has 3 aliphatic heterocycles. The molecule has 0 radical (unpaired) electrons. The number of hydrogen-bond donors (Lipinski definition) is 4. The first kappa shape index (κ1) is 35.8. The SMILES string of the molecule is CC(C)[C@H]1NC(=O)[C@@H](C)NC(=O)C2(CCN(C(=O)Cn3cnnn3)CC2)Oc2ccc(cc2)OCCNC(=O)[C@H](Cc2ccccc2)NC1=O. The van der Waals surface area contributed by atoms with Crippen molar-refractivity contribution in [1.82, 2.24) is 46.4 Å². The van der Waals surface area contributed by atoms with E-state index < -0.39 is 47.4 Å². The quantitative estimate of drug-likeness (QED) is 0.265. The van der Waals surface area contributed by atoms with Gasteiger partial charge in [-0.1, -0.05) is 44.2 Å². The Labute approximate surface area is 289 Å². The van der Waals surface area contributed by atoms with Gasteiger partial charge in [0.05, 0.1) is 6.54 Å². The Balaban J connectivity index is 1.36. The summed E-state index contributed by atoms with van der Waals surface area (Å²) in [7, 11) is 0. The van der Waals surface area contributed by atoms with Gasteiger partial charge < -0.3 is 35.6 Å². The zero-order valence-electron chi connectivity index (χ0n) is 28.3. The first-order valence-electron chi connectivity index (χ1n) is 16.7. The second kappa shape index (κ2) is 16.2. The molecule has 4 N–H and O–H groups in total. The molecule has 4 heterocycles. The third-order valence-electron chi connectivity index (χ3n) is 8.74. The average molecular weight is 690 g/mol. The number of nitrogens with zero attached hydrogens (tertiary/aromatic N) is 5. The lowest BCUT2D eigenvalue weighted by Gasteiger charge is -2.41. The van der Waals surface area contributed by atoms with Gasteiger partial charge in [0, 0.05) is 32.4 Å². The number of aromatic nitrogens is 4. The standard InChI is InChI=1S/C34H43N9O7/c1-22(2)29-32(47)38-27(19-24-7-5-4-6-8-24)31(46)35-15-18-49-25-9-11-26(12-10-25)50-34(33(48)37-23(3)30(45)39-29)13-16-42(17-14-34)28(44)20-43-21-36-40-41-43/h4-12,21-23,27,29H,13-20H2,1-3H3,(H,35,46)(H,37,48)(H,38,47)(H,39,45)/t23-,27+,29-/m1/s1. The molecule has 16 heteroatoms. The Morgan fingerprint density at radius 2 is 1.62 bits per heavy atom. The van der Waals surface area contributed by atoms with Gasteiger partial charge in [-0.15, -0.1) is 5.10 Å². The molecule has 3 aromatic rings. The monoisotopic (exact) mass is 689 g/mol. The summed E-state index contributed by atoms with van der Waals surface area (Å²) in [5.41, 5.74) is -0.563. The van der Waals surface area contributed by atoms with E-state index in [1.165, 1.54) is 17.9 Å². The number of rotatable bonds is 5. The van der Waals surface area contributed by atoms with Crippen molar-refractivity contribution in [3.63, 3.8) is 0 Å². The number of fused-ring (bicyclic) bond motifs is 15. The Hall–Kier alpha value is -5.54. The van der Waals surface area contributed by atoms with Crippen LogP contribution in [0.3, 0.4) is 0 Å². The summed E-state index contributed by atoms with van der Waals surface area (Å²) in [4.78, 5) is 68.9. The minimum absolute atomic E-state index is 0.0486. The van der Waals surface area contributed by atoms with E-state index in [9.17, 15) is 24.0 Å². The first-order valence-corrected chi connectivity index (χ1v) is 16.7. The number of ether oxygens (including phenoxy) is 2. The van der Waals surface area contributed by atoms with Gasteiger partial charge in [-0.05, 0) is 53.1 Å². The van der Waals surface area contributed by atoms with Crippen LogP contribution in [0.2, 0.25) is 0 Å². The van der Waals surface area contributed by atoms with E-state index in [1.54, 1.807) is 43.0 Å². The molecule has 0 aliphatic carbocycles. The van der Waals surface area contributed by atoms with Gasteiger partial charge in [-0.2, -0.15) is 0 Å². The Morgan fingerprint density at radius 3 is 2.28 bits per heavy atom. The predicted molar refractivity (Wildman–Crippen MR) is 178 cm³/mol. The molecule has 6 rings (SSSR count). The van der Waals surface area contributed by atoms with E-state index in [4.69, 9.17) is 9.47 Å². The van der Waals surface area contributed by atoms with Gasteiger partial charge in [0.15, 0.2) is 5.60 Å². The van der Waals surface area contributed by atoms with Crippen LogP contribution in [0.25, 0.3) is 0 Å². The van der Waals surface area contributed by atoms with Crippen molar-refractivity contribution in [2.45, 2.75) is 70.3 Å². The molecule has 5 amide bonds. The fraction of sp³-hybridized carbons (Fsp3) is 0.471. The predicted octanol–water partition coefficient (Wildman–Crippen LogP) is -0.00510. The zero-order chi connectivity index (χ0) is 35.7. The van der Waals surface area contributed by atoms with Gasteiger partial charge in [0.1, 0.15) is 49.1 Å². The Morgan fingerprint density at radius 1 is 0.920 bits per heavy atom. The molecule has 266 valence electrons. The number of tetrazole rings is 1. The van der Waals surface area contributed by atoms with Crippen molar-refractivity contribution in [3.8, 4) is 11.5 Å². The summed E-state index contributed by atoms with van der Waals surface area (Å²) in [6, 6.07) is 13.0. The summed E-state index contributed by atoms with van der Waals surface area (Å²) in [5, 5.41) is 22.1. The van der Waals surface area contributed by atoms with Gasteiger partial charge >= 0.3 is 0 Å². The van der Waals surface area contributed by atoms with E-state index in [0.29, 0.717) is 11.5 Å². The summed E-state index contributed by atoms with van der Waals surface area (Å²) < 4.78 is 13.5. The number of piperidine rings is 1. The lowest BCUT2D eigenvalue weighted by atomic mass is 9.89. The summed E-state index contributed by atoms with van der Waals surface area (Å²) >= 11 is 0. The Bertz CT molecular complexity index is 1630. The molecular formula is C34H43N9O7. The number of hydrogen-bond acceptors (Lipinski definition) is 10. The van der Waals surface area contributed by atoms with Crippen LogP contribution < -0.4 is 30.7 Å². The second-order valence-electron chi connectivity index (χ2n) is 12.8. The van der Waals surface area contributed by atoms with Gasteiger partial charge in [-0.3, -0.25) is 24.0 Å². The van der Waals surface area contributed by atoms with Crippen LogP contribution in [0.4, 0.5) is 0 Å². The van der Waals surface area contributed by atoms with E-state index >= 15 is 0 Å². The molecule has 50 heavy (non-hydrogen) atoms. The van der Waals surface area contributed by atoms with Gasteiger partial charge in [0.25, 0.3) is 5.91 Å². The second-order valence-corrected chi connectivity index (χ2v) is 12.8. The van der Waals surface area contributed by atoms with Crippen LogP contribution in [0, 0.1) is 5.92 Å². The molecule has 16 nitrogen and oxygen atoms in total. The fourth-order valence-electron chi connectivity index (χ4n) is 5.81. The van der Waals surface area contributed by atoms with Gasteiger partial charge in [0.2, 0.25) is 23.6 Å². The van der Waals surface area contributed by atoms with Crippen LogP contribution in [-0.2, 0) is 36.9 Å². The zero-order valence-corrected chi connectivity index (χ0v) is 28.3. The number of benzene rings is 2. The lowest BCUT2D eigenvalue weighted by Crippen LogP contribution is -2.62. The highest BCUT2D eigenvalue weighted by Gasteiger charge is 2.46. The number of amides is 5. The van der Waals surface area contributed by atoms with E-state index in [-0.39, 0.29) is 63.9 Å². The maximum absolute atomic E-state index is 14.0. The van der Waals surface area contributed by atoms with E-state index in [2.05, 4.69) is 36.8 Å². The largest absolute Gasteiger partial charge is 0.492 e. The molecule has 2 bridgehead atoms. The molecular weight excluding hydrogens is 646 g/mol. The summed E-state index contributed by atoms with van der Waals surface area (Å²) in [6.07, 6.45) is 1.87. The third kappa shape index (κ3) is 9.12. The summed E-state index contributed by atoms with van der Waals surface area (Å²) in [5.74, 6) is -1.71. The van der Waals surface area contributed by atoms with E-state index in [1.807, 2.05) is 30.3 Å². The number of carbonyl (C=O) groups is 5. The van der Waals surface area contributed by atoms with Crippen molar-refractivity contribution < 1.29 is 33.4 Å². The highest BCUT2D eigenvalue weighted by atomic mass is 16.5. The molecule has 3 aliphatic rings. The van der Waals surface area contributed by atoms with Crippen molar-refractivity contribution in [3.05, 3.63) is 66.5 Å². The summed E-state index contributed by atoms with van der Waals surface area (Å²) in [6.45, 7) is 5.77. The van der Waals surface area contributed by atoms with Crippen molar-refractivity contribution in [1.29, 1.82) is 0 Å². The highest BCUT2D eigenvalue weighted by molar-refractivity contribution is 5.95. The molecule has 1 spiro atoms. The average Bonchev–Trinajstić information content (AvgIpc) is 3.62. The normalized spacial score (nSPS) is 22.1. The fourth-order valence-corrected chi connectivity index (χ4v) is 5.81. The first-order chi connectivity index (χ1) is 24.0. The van der Waals surface area contributed by atoms with Crippen LogP contribution in [0.5, 0.6) is 11.5 Å². The van der Waals surface area contributed by atoms with Crippen molar-refractivity contribution >= 4 is 29.5 Å². The van der Waals surface area contributed by atoms with Gasteiger partial charge in [-0.25, -0.2) is 4.68 Å². The molecule has 2 aromatic carbocycles. The van der Waals surface area contributed by atoms with Crippen molar-refractivity contribution in [2.75, 3.05) is 26.2 Å². The minimum atomic E-state index is -1.41. The molecule has 1 aromatic heterocycles. The number of carbonyl (C=O) groups excluding carboxylic acids is 5. The third-order valence-corrected chi connectivity index (χ3v) is 8.74. The van der Waals surface area contributed by atoms with Crippen LogP contribution in [0.15, 0.2) is 60.9 Å². The molecule has 3 atom stereocenters. The van der Waals surface area contributed by atoms with E-state index in [0.717, 1.165) is 5.56 Å². The number of nitrogens with one attached hydrogen (secondary N) is 4. The maximum atomic E-state index is 14.0. The van der Waals surface area contributed by atoms with Crippen LogP contribution in [-0.4, -0.2) is 105 Å². The lowest BCUT2D eigenvalue weighted by molar-refractivity contribution is -0.148. The molecule has 0 saturated carbocycles. The van der Waals surface area contributed by atoms with Crippen LogP contribution >= 0.6 is 0 Å².